The number of amides is 2. The molecule has 0 bridgehead atoms. The van der Waals surface area contributed by atoms with E-state index in [0.717, 1.165) is 16.8 Å². The standard InChI is InChI=1S/C21H22ClFN2O2/c1-11(2)14-6-4-5-12(3)19(14)25-21(27)16-10-15(16)20(26)24-13-7-8-18(23)17(22)9-13/h4-9,11,15-16H,10H2,1-3H3,(H,24,26)(H,25,27). The number of nitrogens with one attached hydrogen (secondary N) is 2. The average Bonchev–Trinajstić information content (AvgIpc) is 3.40. The van der Waals surface area contributed by atoms with E-state index in [2.05, 4.69) is 24.5 Å². The number of aryl methyl sites for hydroxylation is 1. The lowest BCUT2D eigenvalue weighted by molar-refractivity contribution is -0.122. The molecule has 2 aromatic carbocycles. The molecule has 0 heterocycles. The van der Waals surface area contributed by atoms with Crippen molar-refractivity contribution in [3.8, 4) is 0 Å². The lowest BCUT2D eigenvalue weighted by Gasteiger charge is -2.16. The van der Waals surface area contributed by atoms with Crippen LogP contribution in [-0.4, -0.2) is 11.8 Å². The highest BCUT2D eigenvalue weighted by Crippen LogP contribution is 2.41. The Labute approximate surface area is 163 Å². The van der Waals surface area contributed by atoms with Crippen molar-refractivity contribution in [2.24, 2.45) is 11.8 Å². The zero-order valence-electron chi connectivity index (χ0n) is 15.5. The molecule has 1 aliphatic carbocycles. The van der Waals surface area contributed by atoms with E-state index in [1.54, 1.807) is 0 Å². The molecule has 0 aromatic heterocycles. The Balaban J connectivity index is 1.64. The fourth-order valence-corrected chi connectivity index (χ4v) is 3.32. The van der Waals surface area contributed by atoms with E-state index in [-0.39, 0.29) is 34.6 Å². The molecule has 27 heavy (non-hydrogen) atoms. The average molecular weight is 389 g/mol. The Morgan fingerprint density at radius 3 is 2.41 bits per heavy atom. The molecule has 0 radical (unpaired) electrons. The van der Waals surface area contributed by atoms with Crippen molar-refractivity contribution >= 4 is 34.8 Å². The fraction of sp³-hybridized carbons (Fsp3) is 0.333. The summed E-state index contributed by atoms with van der Waals surface area (Å²) >= 11 is 5.73. The van der Waals surface area contributed by atoms with Gasteiger partial charge in [0.1, 0.15) is 5.82 Å². The van der Waals surface area contributed by atoms with Gasteiger partial charge in [-0.3, -0.25) is 9.59 Å². The number of rotatable bonds is 5. The predicted octanol–water partition coefficient (Wildman–Crippen LogP) is 5.12. The van der Waals surface area contributed by atoms with Crippen LogP contribution in [0.1, 0.15) is 37.3 Å². The molecule has 2 unspecified atom stereocenters. The monoisotopic (exact) mass is 388 g/mol. The first-order valence-electron chi connectivity index (χ1n) is 8.94. The Morgan fingerprint density at radius 2 is 1.78 bits per heavy atom. The first-order valence-corrected chi connectivity index (χ1v) is 9.32. The highest BCUT2D eigenvalue weighted by molar-refractivity contribution is 6.31. The van der Waals surface area contributed by atoms with E-state index in [0.29, 0.717) is 12.1 Å². The molecule has 3 rings (SSSR count). The van der Waals surface area contributed by atoms with E-state index < -0.39 is 5.82 Å². The maximum Gasteiger partial charge on any atom is 0.228 e. The number of benzene rings is 2. The third-order valence-corrected chi connectivity index (χ3v) is 5.12. The molecule has 1 fully saturated rings. The van der Waals surface area contributed by atoms with Gasteiger partial charge in [-0.1, -0.05) is 43.6 Å². The summed E-state index contributed by atoms with van der Waals surface area (Å²) in [5.74, 6) is -1.42. The van der Waals surface area contributed by atoms with Gasteiger partial charge < -0.3 is 10.6 Å². The van der Waals surface area contributed by atoms with Crippen molar-refractivity contribution in [3.05, 3.63) is 58.4 Å². The largest absolute Gasteiger partial charge is 0.326 e. The summed E-state index contributed by atoms with van der Waals surface area (Å²) in [6, 6.07) is 9.93. The molecule has 1 saturated carbocycles. The lowest BCUT2D eigenvalue weighted by atomic mass is 9.98. The third kappa shape index (κ3) is 4.30. The highest BCUT2D eigenvalue weighted by atomic mass is 35.5. The minimum Gasteiger partial charge on any atom is -0.326 e. The molecule has 0 saturated heterocycles. The van der Waals surface area contributed by atoms with Crippen LogP contribution in [0.4, 0.5) is 15.8 Å². The van der Waals surface area contributed by atoms with Crippen molar-refractivity contribution in [1.82, 2.24) is 0 Å². The lowest BCUT2D eigenvalue weighted by Crippen LogP contribution is -2.21. The van der Waals surface area contributed by atoms with Gasteiger partial charge in [-0.2, -0.15) is 0 Å². The van der Waals surface area contributed by atoms with Crippen molar-refractivity contribution in [3.63, 3.8) is 0 Å². The number of hydrogen-bond donors (Lipinski definition) is 2. The number of para-hydroxylation sites is 1. The zero-order chi connectivity index (χ0) is 19.7. The van der Waals surface area contributed by atoms with E-state index in [4.69, 9.17) is 11.6 Å². The Hall–Kier alpha value is -2.40. The van der Waals surface area contributed by atoms with Gasteiger partial charge in [-0.25, -0.2) is 4.39 Å². The summed E-state index contributed by atoms with van der Waals surface area (Å²) < 4.78 is 13.2. The van der Waals surface area contributed by atoms with Crippen LogP contribution in [0.2, 0.25) is 5.02 Å². The zero-order valence-corrected chi connectivity index (χ0v) is 16.2. The topological polar surface area (TPSA) is 58.2 Å². The Bertz CT molecular complexity index is 898. The van der Waals surface area contributed by atoms with Gasteiger partial charge in [0.2, 0.25) is 11.8 Å². The Kier molecular flexibility index (Phi) is 5.51. The highest BCUT2D eigenvalue weighted by Gasteiger charge is 2.48. The van der Waals surface area contributed by atoms with Crippen LogP contribution < -0.4 is 10.6 Å². The van der Waals surface area contributed by atoms with Gasteiger partial charge >= 0.3 is 0 Å². The number of carbonyl (C=O) groups is 2. The Morgan fingerprint density at radius 1 is 1.11 bits per heavy atom. The third-order valence-electron chi connectivity index (χ3n) is 4.83. The smallest absolute Gasteiger partial charge is 0.228 e. The molecule has 0 aliphatic heterocycles. The summed E-state index contributed by atoms with van der Waals surface area (Å²) in [6.45, 7) is 6.11. The fourth-order valence-electron chi connectivity index (χ4n) is 3.14. The summed E-state index contributed by atoms with van der Waals surface area (Å²) in [5.41, 5.74) is 3.32. The van der Waals surface area contributed by atoms with E-state index in [1.165, 1.54) is 18.2 Å². The maximum atomic E-state index is 13.2. The first kappa shape index (κ1) is 19.4. The van der Waals surface area contributed by atoms with Crippen molar-refractivity contribution in [2.75, 3.05) is 10.6 Å². The van der Waals surface area contributed by atoms with Crippen molar-refractivity contribution in [2.45, 2.75) is 33.1 Å². The normalized spacial score (nSPS) is 18.3. The number of anilines is 2. The van der Waals surface area contributed by atoms with Crippen LogP contribution in [0.25, 0.3) is 0 Å². The van der Waals surface area contributed by atoms with Crippen LogP contribution in [0.15, 0.2) is 36.4 Å². The van der Waals surface area contributed by atoms with Gasteiger partial charge in [0.25, 0.3) is 0 Å². The van der Waals surface area contributed by atoms with Crippen molar-refractivity contribution in [1.29, 1.82) is 0 Å². The van der Waals surface area contributed by atoms with Crippen LogP contribution in [-0.2, 0) is 9.59 Å². The van der Waals surface area contributed by atoms with E-state index in [9.17, 15) is 14.0 Å². The van der Waals surface area contributed by atoms with Crippen LogP contribution in [0.5, 0.6) is 0 Å². The molecule has 2 atom stereocenters. The first-order chi connectivity index (χ1) is 12.8. The minimum absolute atomic E-state index is 0.0568. The molecule has 0 spiro atoms. The van der Waals surface area contributed by atoms with Gasteiger partial charge in [0, 0.05) is 11.4 Å². The van der Waals surface area contributed by atoms with Crippen LogP contribution >= 0.6 is 11.6 Å². The summed E-state index contributed by atoms with van der Waals surface area (Å²) in [7, 11) is 0. The maximum absolute atomic E-state index is 13.2. The van der Waals surface area contributed by atoms with E-state index >= 15 is 0 Å². The quantitative estimate of drug-likeness (QED) is 0.746. The molecule has 4 nitrogen and oxygen atoms in total. The molecule has 2 amide bonds. The number of halogens is 2. The van der Waals surface area contributed by atoms with E-state index in [1.807, 2.05) is 25.1 Å². The molecule has 142 valence electrons. The van der Waals surface area contributed by atoms with Gasteiger partial charge in [0.05, 0.1) is 16.9 Å². The van der Waals surface area contributed by atoms with Crippen LogP contribution in [0, 0.1) is 24.6 Å². The SMILES string of the molecule is Cc1cccc(C(C)C)c1NC(=O)C1CC1C(=O)Nc1ccc(F)c(Cl)c1. The predicted molar refractivity (Wildman–Crippen MR) is 106 cm³/mol. The van der Waals surface area contributed by atoms with Crippen LogP contribution in [0.3, 0.4) is 0 Å². The molecule has 2 aromatic rings. The summed E-state index contributed by atoms with van der Waals surface area (Å²) in [4.78, 5) is 25.0. The second kappa shape index (κ2) is 7.69. The van der Waals surface area contributed by atoms with Gasteiger partial charge in [-0.05, 0) is 48.6 Å². The molecule has 1 aliphatic rings. The second-order valence-corrected chi connectivity index (χ2v) is 7.66. The molecular weight excluding hydrogens is 367 g/mol. The molecule has 6 heteroatoms. The van der Waals surface area contributed by atoms with Crippen molar-refractivity contribution < 1.29 is 14.0 Å². The molecular formula is C21H22ClFN2O2. The number of hydrogen-bond acceptors (Lipinski definition) is 2. The second-order valence-electron chi connectivity index (χ2n) is 7.25. The van der Waals surface area contributed by atoms with Gasteiger partial charge in [0.15, 0.2) is 0 Å². The minimum atomic E-state index is -0.544. The summed E-state index contributed by atoms with van der Waals surface area (Å²) in [6.07, 6.45) is 0.496. The van der Waals surface area contributed by atoms with Gasteiger partial charge in [-0.15, -0.1) is 0 Å². The summed E-state index contributed by atoms with van der Waals surface area (Å²) in [5, 5.41) is 5.63. The number of carbonyl (C=O) groups excluding carboxylic acids is 2. The molecule has 2 N–H and O–H groups in total.